The fourth-order valence-corrected chi connectivity index (χ4v) is 3.00. The third-order valence-corrected chi connectivity index (χ3v) is 4.11. The summed E-state index contributed by atoms with van der Waals surface area (Å²) in [6.45, 7) is 5.36. The lowest BCUT2D eigenvalue weighted by Crippen LogP contribution is -2.48. The molecule has 2 aliphatic heterocycles. The van der Waals surface area contributed by atoms with Crippen LogP contribution in [0.4, 0.5) is 0 Å². The van der Waals surface area contributed by atoms with Crippen molar-refractivity contribution in [3.63, 3.8) is 0 Å². The van der Waals surface area contributed by atoms with Gasteiger partial charge in [-0.25, -0.2) is 0 Å². The lowest BCUT2D eigenvalue weighted by Gasteiger charge is -2.36. The van der Waals surface area contributed by atoms with Gasteiger partial charge in [-0.3, -0.25) is 4.99 Å². The molecule has 1 aromatic carbocycles. The van der Waals surface area contributed by atoms with Crippen LogP contribution >= 0.6 is 24.0 Å². The highest BCUT2D eigenvalue weighted by Crippen LogP contribution is 2.26. The van der Waals surface area contributed by atoms with E-state index in [0.717, 1.165) is 31.5 Å². The fourth-order valence-electron chi connectivity index (χ4n) is 3.00. The van der Waals surface area contributed by atoms with Crippen LogP contribution in [-0.4, -0.2) is 30.0 Å². The summed E-state index contributed by atoms with van der Waals surface area (Å²) in [5, 5.41) is 3.49. The highest BCUT2D eigenvalue weighted by molar-refractivity contribution is 14.0. The Morgan fingerprint density at radius 3 is 2.89 bits per heavy atom. The minimum Gasteiger partial charge on any atom is -0.352 e. The molecule has 0 saturated carbocycles. The van der Waals surface area contributed by atoms with Crippen molar-refractivity contribution in [1.29, 1.82) is 0 Å². The average molecular weight is 371 g/mol. The molecule has 4 heteroatoms. The van der Waals surface area contributed by atoms with Gasteiger partial charge in [-0.2, -0.15) is 0 Å². The van der Waals surface area contributed by atoms with E-state index in [0.29, 0.717) is 6.04 Å². The number of guanidine groups is 1. The summed E-state index contributed by atoms with van der Waals surface area (Å²) in [6.07, 6.45) is 2.65. The van der Waals surface area contributed by atoms with Crippen LogP contribution in [0, 0.1) is 5.92 Å². The van der Waals surface area contributed by atoms with Crippen molar-refractivity contribution >= 4 is 29.9 Å². The molecular weight excluding hydrogens is 349 g/mol. The number of hydrogen-bond acceptors (Lipinski definition) is 3. The van der Waals surface area contributed by atoms with Gasteiger partial charge >= 0.3 is 0 Å². The number of aliphatic imine (C=N–C) groups is 1. The molecule has 2 aliphatic rings. The Hall–Kier alpha value is -0.780. The molecule has 1 fully saturated rings. The van der Waals surface area contributed by atoms with Gasteiger partial charge in [-0.1, -0.05) is 37.3 Å². The normalized spacial score (nSPS) is 25.3. The maximum Gasteiger partial charge on any atom is 0.194 e. The minimum atomic E-state index is 0. The van der Waals surface area contributed by atoms with Crippen LogP contribution in [0.3, 0.4) is 0 Å². The molecule has 2 atom stereocenters. The lowest BCUT2D eigenvalue weighted by atomic mass is 9.92. The highest BCUT2D eigenvalue weighted by Gasteiger charge is 2.34. The van der Waals surface area contributed by atoms with Gasteiger partial charge in [0.25, 0.3) is 0 Å². The van der Waals surface area contributed by atoms with Gasteiger partial charge in [0.2, 0.25) is 0 Å². The number of nitrogens with zero attached hydrogens (tertiary/aromatic N) is 2. The first-order valence-corrected chi connectivity index (χ1v) is 6.93. The second-order valence-electron chi connectivity index (χ2n) is 5.38. The zero-order chi connectivity index (χ0) is 12.4. The van der Waals surface area contributed by atoms with Crippen LogP contribution in [0.15, 0.2) is 35.3 Å². The lowest BCUT2D eigenvalue weighted by molar-refractivity contribution is 0.195. The first-order chi connectivity index (χ1) is 8.84. The van der Waals surface area contributed by atoms with E-state index < -0.39 is 0 Å². The number of benzene rings is 1. The van der Waals surface area contributed by atoms with Crippen LogP contribution < -0.4 is 5.32 Å². The summed E-state index contributed by atoms with van der Waals surface area (Å²) in [5.41, 5.74) is 1.31. The van der Waals surface area contributed by atoms with Gasteiger partial charge in [-0.05, 0) is 24.3 Å². The molecule has 2 unspecified atom stereocenters. The number of piperidine rings is 1. The smallest absolute Gasteiger partial charge is 0.194 e. The zero-order valence-corrected chi connectivity index (χ0v) is 13.7. The van der Waals surface area contributed by atoms with Crippen LogP contribution in [0.5, 0.6) is 0 Å². The fraction of sp³-hybridized carbons (Fsp3) is 0.533. The van der Waals surface area contributed by atoms with E-state index in [2.05, 4.69) is 52.5 Å². The maximum absolute atomic E-state index is 4.68. The zero-order valence-electron chi connectivity index (χ0n) is 11.4. The van der Waals surface area contributed by atoms with Crippen molar-refractivity contribution in [3.05, 3.63) is 35.9 Å². The van der Waals surface area contributed by atoms with Gasteiger partial charge < -0.3 is 10.2 Å². The van der Waals surface area contributed by atoms with Crippen molar-refractivity contribution in [2.75, 3.05) is 13.1 Å². The summed E-state index contributed by atoms with van der Waals surface area (Å²) in [4.78, 5) is 7.15. The minimum absolute atomic E-state index is 0. The third kappa shape index (κ3) is 3.22. The molecule has 0 aliphatic carbocycles. The Morgan fingerprint density at radius 2 is 2.11 bits per heavy atom. The first-order valence-electron chi connectivity index (χ1n) is 6.93. The molecular formula is C15H22IN3. The summed E-state index contributed by atoms with van der Waals surface area (Å²) < 4.78 is 0. The van der Waals surface area contributed by atoms with Crippen LogP contribution in [-0.2, 0) is 6.54 Å². The van der Waals surface area contributed by atoms with Crippen molar-refractivity contribution in [1.82, 2.24) is 10.2 Å². The molecule has 2 heterocycles. The Kier molecular flexibility index (Phi) is 5.07. The van der Waals surface area contributed by atoms with E-state index in [1.807, 2.05) is 0 Å². The van der Waals surface area contributed by atoms with E-state index in [1.54, 1.807) is 0 Å². The van der Waals surface area contributed by atoms with Gasteiger partial charge in [0.15, 0.2) is 5.96 Å². The number of rotatable bonds is 2. The Balaban J connectivity index is 0.00000133. The topological polar surface area (TPSA) is 27.6 Å². The molecule has 1 N–H and O–H groups in total. The van der Waals surface area contributed by atoms with Gasteiger partial charge in [0.1, 0.15) is 0 Å². The predicted molar refractivity (Wildman–Crippen MR) is 89.9 cm³/mol. The van der Waals surface area contributed by atoms with E-state index in [4.69, 9.17) is 0 Å². The SMILES string of the molecule is CC1CCCN2C(NCc3ccccc3)=NCC12.I. The van der Waals surface area contributed by atoms with Crippen LogP contribution in [0.25, 0.3) is 0 Å². The third-order valence-electron chi connectivity index (χ3n) is 4.11. The standard InChI is InChI=1S/C15H21N3.HI/c1-12-6-5-9-18-14(12)11-17-15(18)16-10-13-7-3-2-4-8-13;/h2-4,7-8,12,14H,5-6,9-11H2,1H3,(H,16,17);1H. The molecule has 19 heavy (non-hydrogen) atoms. The number of nitrogens with one attached hydrogen (secondary N) is 1. The van der Waals surface area contributed by atoms with Crippen molar-refractivity contribution in [2.24, 2.45) is 10.9 Å². The second kappa shape index (κ2) is 6.59. The van der Waals surface area contributed by atoms with Gasteiger partial charge in [0, 0.05) is 13.1 Å². The first kappa shape index (κ1) is 14.6. The Bertz CT molecular complexity index is 432. The molecule has 0 radical (unpaired) electrons. The number of halogens is 1. The van der Waals surface area contributed by atoms with E-state index in [1.165, 1.54) is 18.4 Å². The Morgan fingerprint density at radius 1 is 1.32 bits per heavy atom. The summed E-state index contributed by atoms with van der Waals surface area (Å²) >= 11 is 0. The predicted octanol–water partition coefficient (Wildman–Crippen LogP) is 2.86. The molecule has 0 bridgehead atoms. The number of fused-ring (bicyclic) bond motifs is 1. The molecule has 3 nitrogen and oxygen atoms in total. The molecule has 0 aromatic heterocycles. The Labute approximate surface area is 132 Å². The van der Waals surface area contributed by atoms with Crippen molar-refractivity contribution < 1.29 is 0 Å². The van der Waals surface area contributed by atoms with Crippen LogP contribution in [0.2, 0.25) is 0 Å². The second-order valence-corrected chi connectivity index (χ2v) is 5.38. The monoisotopic (exact) mass is 371 g/mol. The summed E-state index contributed by atoms with van der Waals surface area (Å²) in [6, 6.07) is 11.2. The largest absolute Gasteiger partial charge is 0.352 e. The molecule has 1 saturated heterocycles. The molecule has 3 rings (SSSR count). The van der Waals surface area contributed by atoms with Crippen molar-refractivity contribution in [3.8, 4) is 0 Å². The van der Waals surface area contributed by atoms with E-state index in [9.17, 15) is 0 Å². The summed E-state index contributed by atoms with van der Waals surface area (Å²) in [7, 11) is 0. The average Bonchev–Trinajstić information content (AvgIpc) is 2.82. The molecule has 0 spiro atoms. The maximum atomic E-state index is 4.68. The summed E-state index contributed by atoms with van der Waals surface area (Å²) in [5.74, 6) is 1.88. The van der Waals surface area contributed by atoms with E-state index in [-0.39, 0.29) is 24.0 Å². The molecule has 0 amide bonds. The highest BCUT2D eigenvalue weighted by atomic mass is 127. The van der Waals surface area contributed by atoms with Gasteiger partial charge in [0.05, 0.1) is 12.6 Å². The molecule has 1 aromatic rings. The van der Waals surface area contributed by atoms with Crippen LogP contribution in [0.1, 0.15) is 25.3 Å². The molecule has 104 valence electrons. The van der Waals surface area contributed by atoms with E-state index >= 15 is 0 Å². The van der Waals surface area contributed by atoms with Gasteiger partial charge in [-0.15, -0.1) is 24.0 Å². The quantitative estimate of drug-likeness (QED) is 0.810. The van der Waals surface area contributed by atoms with Crippen molar-refractivity contribution in [2.45, 2.75) is 32.4 Å². The number of hydrogen-bond donors (Lipinski definition) is 1.